The van der Waals surface area contributed by atoms with Crippen molar-refractivity contribution in [2.45, 2.75) is 128 Å². The monoisotopic (exact) mass is 428 g/mol. The third kappa shape index (κ3) is 14.1. The fourth-order valence-electron chi connectivity index (χ4n) is 3.79. The Morgan fingerprint density at radius 2 is 1.37 bits per heavy atom. The van der Waals surface area contributed by atoms with Crippen LogP contribution in [0.25, 0.3) is 0 Å². The van der Waals surface area contributed by atoms with Gasteiger partial charge in [0.1, 0.15) is 6.10 Å². The van der Waals surface area contributed by atoms with Gasteiger partial charge in [0.2, 0.25) is 0 Å². The Bertz CT molecular complexity index is 453. The van der Waals surface area contributed by atoms with Gasteiger partial charge in [0.25, 0.3) is 0 Å². The number of carboxylic acid groups (broad SMARTS) is 1. The van der Waals surface area contributed by atoms with Crippen molar-refractivity contribution in [3.8, 4) is 0 Å². The van der Waals surface area contributed by atoms with Crippen molar-refractivity contribution in [2.24, 2.45) is 0 Å². The Hall–Kier alpha value is -0.950. The van der Waals surface area contributed by atoms with Crippen molar-refractivity contribution in [3.63, 3.8) is 0 Å². The number of allylic oxidation sites excluding steroid dienone is 1. The highest BCUT2D eigenvalue weighted by molar-refractivity contribution is 5.79. The van der Waals surface area contributed by atoms with Gasteiger partial charge in [0, 0.05) is 19.1 Å². The maximum absolute atomic E-state index is 10.3. The molecule has 1 fully saturated rings. The van der Waals surface area contributed by atoms with Gasteiger partial charge in [-0.05, 0) is 26.2 Å². The number of aliphatic carboxylic acids is 1. The molecule has 0 aromatic heterocycles. The van der Waals surface area contributed by atoms with Gasteiger partial charge in [-0.25, -0.2) is 4.79 Å². The highest BCUT2D eigenvalue weighted by atomic mass is 16.7. The number of aliphatic hydroxyl groups is 2. The van der Waals surface area contributed by atoms with Crippen LogP contribution in [-0.4, -0.2) is 52.5 Å². The topological polar surface area (TPSA) is 96.2 Å². The lowest BCUT2D eigenvalue weighted by atomic mass is 10.0. The number of unbranched alkanes of at least 4 members (excludes halogenated alkanes) is 13. The molecule has 176 valence electrons. The first-order chi connectivity index (χ1) is 14.5. The molecule has 0 aromatic carbocycles. The molecule has 0 aromatic rings. The number of carboxylic acids is 1. The molecule has 0 radical (unpaired) electrons. The highest BCUT2D eigenvalue weighted by Crippen LogP contribution is 2.21. The van der Waals surface area contributed by atoms with Crippen molar-refractivity contribution in [2.75, 3.05) is 6.61 Å². The zero-order chi connectivity index (χ0) is 22.0. The van der Waals surface area contributed by atoms with E-state index in [9.17, 15) is 15.0 Å². The lowest BCUT2D eigenvalue weighted by Crippen LogP contribution is -2.47. The Balaban J connectivity index is 1.77. The highest BCUT2D eigenvalue weighted by Gasteiger charge is 2.34. The normalized spacial score (nSPS) is 24.5. The molecule has 30 heavy (non-hydrogen) atoms. The molecule has 1 heterocycles. The summed E-state index contributed by atoms with van der Waals surface area (Å²) in [5.41, 5.74) is 0. The molecular weight excluding hydrogens is 384 g/mol. The van der Waals surface area contributed by atoms with Gasteiger partial charge in [-0.3, -0.25) is 0 Å². The molecule has 0 bridgehead atoms. The van der Waals surface area contributed by atoms with E-state index < -0.39 is 24.5 Å². The van der Waals surface area contributed by atoms with Crippen LogP contribution in [0.1, 0.15) is 103 Å². The second kappa shape index (κ2) is 17.7. The third-order valence-corrected chi connectivity index (χ3v) is 5.75. The summed E-state index contributed by atoms with van der Waals surface area (Å²) >= 11 is 0. The van der Waals surface area contributed by atoms with Crippen LogP contribution in [-0.2, 0) is 14.3 Å². The predicted octanol–water partition coefficient (Wildman–Crippen LogP) is 4.96. The summed E-state index contributed by atoms with van der Waals surface area (Å²) in [6.07, 6.45) is 18.0. The van der Waals surface area contributed by atoms with Crippen molar-refractivity contribution in [1.29, 1.82) is 0 Å². The standard InChI is InChI=1S/C24H44O6/c1-20-21(25)19-22(26)24(30-20)29-18-16-14-12-10-8-6-4-2-3-5-7-9-11-13-15-17-23(27)28/h15,17,20-22,24-26H,2-14,16,18-19H2,1H3,(H,27,28). The van der Waals surface area contributed by atoms with E-state index in [-0.39, 0.29) is 6.10 Å². The summed E-state index contributed by atoms with van der Waals surface area (Å²) in [6, 6.07) is 0. The Morgan fingerprint density at radius 1 is 0.867 bits per heavy atom. The molecule has 0 spiro atoms. The molecule has 6 heteroatoms. The molecular formula is C24H44O6. The van der Waals surface area contributed by atoms with E-state index in [1.165, 1.54) is 70.3 Å². The smallest absolute Gasteiger partial charge is 0.327 e. The van der Waals surface area contributed by atoms with Gasteiger partial charge in [-0.15, -0.1) is 0 Å². The summed E-state index contributed by atoms with van der Waals surface area (Å²) in [7, 11) is 0. The Labute approximate surface area is 182 Å². The third-order valence-electron chi connectivity index (χ3n) is 5.75. The number of aliphatic hydroxyl groups excluding tert-OH is 2. The summed E-state index contributed by atoms with van der Waals surface area (Å²) in [5.74, 6) is -0.855. The van der Waals surface area contributed by atoms with E-state index in [0.29, 0.717) is 13.0 Å². The van der Waals surface area contributed by atoms with E-state index in [1.54, 1.807) is 13.0 Å². The second-order valence-corrected chi connectivity index (χ2v) is 8.58. The Kier molecular flexibility index (Phi) is 16.0. The fourth-order valence-corrected chi connectivity index (χ4v) is 3.79. The minimum atomic E-state index is -0.855. The van der Waals surface area contributed by atoms with Gasteiger partial charge < -0.3 is 24.8 Å². The maximum Gasteiger partial charge on any atom is 0.327 e. The first kappa shape index (κ1) is 27.1. The average Bonchev–Trinajstić information content (AvgIpc) is 2.70. The molecule has 0 aliphatic carbocycles. The summed E-state index contributed by atoms with van der Waals surface area (Å²) in [6.45, 7) is 2.40. The van der Waals surface area contributed by atoms with Crippen LogP contribution in [0.5, 0.6) is 0 Å². The maximum atomic E-state index is 10.3. The molecule has 0 amide bonds. The van der Waals surface area contributed by atoms with Gasteiger partial charge in [-0.2, -0.15) is 0 Å². The fraction of sp³-hybridized carbons (Fsp3) is 0.875. The van der Waals surface area contributed by atoms with Crippen LogP contribution >= 0.6 is 0 Å². The van der Waals surface area contributed by atoms with Gasteiger partial charge in [0.15, 0.2) is 6.29 Å². The molecule has 1 rings (SSSR count). The Morgan fingerprint density at radius 3 is 1.90 bits per heavy atom. The number of ether oxygens (including phenoxy) is 2. The van der Waals surface area contributed by atoms with Crippen molar-refractivity contribution in [3.05, 3.63) is 12.2 Å². The van der Waals surface area contributed by atoms with Crippen molar-refractivity contribution >= 4 is 5.97 Å². The molecule has 4 unspecified atom stereocenters. The number of hydrogen-bond donors (Lipinski definition) is 3. The summed E-state index contributed by atoms with van der Waals surface area (Å²) < 4.78 is 11.1. The first-order valence-electron chi connectivity index (χ1n) is 12.0. The molecule has 3 N–H and O–H groups in total. The van der Waals surface area contributed by atoms with Crippen LogP contribution in [0, 0.1) is 0 Å². The van der Waals surface area contributed by atoms with Crippen molar-refractivity contribution in [1.82, 2.24) is 0 Å². The number of rotatable bonds is 18. The minimum absolute atomic E-state index is 0.286. The van der Waals surface area contributed by atoms with Gasteiger partial charge in [-0.1, -0.05) is 76.7 Å². The van der Waals surface area contributed by atoms with Crippen LogP contribution in [0.4, 0.5) is 0 Å². The van der Waals surface area contributed by atoms with Crippen LogP contribution in [0.3, 0.4) is 0 Å². The minimum Gasteiger partial charge on any atom is -0.478 e. The van der Waals surface area contributed by atoms with Crippen LogP contribution in [0.2, 0.25) is 0 Å². The van der Waals surface area contributed by atoms with E-state index in [2.05, 4.69) is 0 Å². The zero-order valence-corrected chi connectivity index (χ0v) is 18.8. The van der Waals surface area contributed by atoms with Crippen LogP contribution < -0.4 is 0 Å². The molecule has 0 saturated carbocycles. The molecule has 4 atom stereocenters. The first-order valence-corrected chi connectivity index (χ1v) is 12.0. The number of hydrogen-bond acceptors (Lipinski definition) is 5. The molecule has 1 aliphatic rings. The largest absolute Gasteiger partial charge is 0.478 e. The van der Waals surface area contributed by atoms with Crippen molar-refractivity contribution < 1.29 is 29.6 Å². The quantitative estimate of drug-likeness (QED) is 0.211. The zero-order valence-electron chi connectivity index (χ0n) is 18.8. The summed E-state index contributed by atoms with van der Waals surface area (Å²) in [5, 5.41) is 28.0. The lowest BCUT2D eigenvalue weighted by molar-refractivity contribution is -0.261. The van der Waals surface area contributed by atoms with E-state index in [0.717, 1.165) is 25.7 Å². The number of carbonyl (C=O) groups is 1. The second-order valence-electron chi connectivity index (χ2n) is 8.58. The van der Waals surface area contributed by atoms with E-state index in [1.807, 2.05) is 0 Å². The van der Waals surface area contributed by atoms with E-state index in [4.69, 9.17) is 14.6 Å². The van der Waals surface area contributed by atoms with Gasteiger partial charge >= 0.3 is 5.97 Å². The lowest BCUT2D eigenvalue weighted by Gasteiger charge is -2.35. The van der Waals surface area contributed by atoms with E-state index >= 15 is 0 Å². The SMILES string of the molecule is CC1OC(OCCCCCCCCCCCCCCCC=CC(=O)O)C(O)CC1O. The average molecular weight is 429 g/mol. The van der Waals surface area contributed by atoms with Gasteiger partial charge in [0.05, 0.1) is 12.2 Å². The van der Waals surface area contributed by atoms with Crippen LogP contribution in [0.15, 0.2) is 12.2 Å². The summed E-state index contributed by atoms with van der Waals surface area (Å²) in [4.78, 5) is 10.3. The predicted molar refractivity (Wildman–Crippen MR) is 118 cm³/mol. The molecule has 1 saturated heterocycles. The molecule has 6 nitrogen and oxygen atoms in total. The molecule has 1 aliphatic heterocycles.